The molecule has 0 radical (unpaired) electrons. The fraction of sp³-hybridized carbons (Fsp3) is 0.900. The lowest BCUT2D eigenvalue weighted by atomic mass is 9.45. The minimum absolute atomic E-state index is 0.0768. The number of aliphatic hydroxyl groups is 1. The molecule has 5 aliphatic rings. The Bertz CT molecular complexity index is 843. The van der Waals surface area contributed by atoms with Gasteiger partial charge in [0.15, 0.2) is 0 Å². The third-order valence-electron chi connectivity index (χ3n) is 12.7. The Morgan fingerprint density at radius 3 is 2.52 bits per heavy atom. The second kappa shape index (κ2) is 7.58. The molecule has 33 heavy (non-hydrogen) atoms. The molecule has 5 saturated carbocycles. The van der Waals surface area contributed by atoms with E-state index in [0.717, 1.165) is 42.9 Å². The Morgan fingerprint density at radius 1 is 1.09 bits per heavy atom. The van der Waals surface area contributed by atoms with E-state index >= 15 is 0 Å². The summed E-state index contributed by atoms with van der Waals surface area (Å²) in [6.45, 7) is 14.1. The van der Waals surface area contributed by atoms with E-state index in [1.165, 1.54) is 44.9 Å². The second-order valence-electron chi connectivity index (χ2n) is 14.2. The van der Waals surface area contributed by atoms with E-state index < -0.39 is 5.97 Å². The monoisotopic (exact) mass is 456 g/mol. The predicted molar refractivity (Wildman–Crippen MR) is 133 cm³/mol. The maximum absolute atomic E-state index is 11.2. The first-order chi connectivity index (χ1) is 15.4. The van der Waals surface area contributed by atoms with Crippen molar-refractivity contribution < 1.29 is 15.0 Å². The van der Waals surface area contributed by atoms with E-state index in [4.69, 9.17) is 0 Å². The summed E-state index contributed by atoms with van der Waals surface area (Å²) < 4.78 is 0. The second-order valence-corrected chi connectivity index (χ2v) is 14.2. The average Bonchev–Trinajstić information content (AvgIpc) is 3.34. The van der Waals surface area contributed by atoms with Crippen molar-refractivity contribution in [2.45, 2.75) is 112 Å². The lowest BCUT2D eigenvalue weighted by Crippen LogP contribution is -2.54. The van der Waals surface area contributed by atoms with Gasteiger partial charge in [0.2, 0.25) is 0 Å². The van der Waals surface area contributed by atoms with Crippen LogP contribution in [0.2, 0.25) is 0 Å². The normalized spacial score (nSPS) is 51.1. The van der Waals surface area contributed by atoms with E-state index in [9.17, 15) is 15.0 Å². The Morgan fingerprint density at radius 2 is 1.82 bits per heavy atom. The molecule has 0 aromatic rings. The highest BCUT2D eigenvalue weighted by Crippen LogP contribution is 2.87. The fourth-order valence-electron chi connectivity index (χ4n) is 11.2. The maximum Gasteiger partial charge on any atom is 0.330 e. The SMILES string of the molecule is CC(=CCCC(C)C1CC(C)C2C3CCC4C(C)(C)C(O)CCC45CC35CCC12C)C(=O)O. The van der Waals surface area contributed by atoms with E-state index in [1.54, 1.807) is 6.92 Å². The molecular weight excluding hydrogens is 408 g/mol. The highest BCUT2D eigenvalue weighted by molar-refractivity contribution is 5.85. The zero-order valence-electron chi connectivity index (χ0n) is 22.0. The molecule has 0 aliphatic heterocycles. The predicted octanol–water partition coefficient (Wildman–Crippen LogP) is 7.09. The first-order valence-corrected chi connectivity index (χ1v) is 14.0. The molecule has 186 valence electrons. The molecule has 0 aromatic heterocycles. The van der Waals surface area contributed by atoms with Gasteiger partial charge in [0.1, 0.15) is 0 Å². The fourth-order valence-corrected chi connectivity index (χ4v) is 11.2. The average molecular weight is 457 g/mol. The molecule has 3 heteroatoms. The molecule has 0 bridgehead atoms. The zero-order chi connectivity index (χ0) is 24.0. The molecular formula is C30H48O3. The lowest BCUT2D eigenvalue weighted by molar-refractivity contribution is -0.137. The van der Waals surface area contributed by atoms with Gasteiger partial charge >= 0.3 is 5.97 Å². The van der Waals surface area contributed by atoms with Crippen LogP contribution in [0, 0.1) is 57.2 Å². The topological polar surface area (TPSA) is 57.5 Å². The van der Waals surface area contributed by atoms with Crippen molar-refractivity contribution in [1.82, 2.24) is 0 Å². The quantitative estimate of drug-likeness (QED) is 0.434. The van der Waals surface area contributed by atoms with Crippen LogP contribution >= 0.6 is 0 Å². The van der Waals surface area contributed by atoms with Crippen molar-refractivity contribution in [1.29, 1.82) is 0 Å². The van der Waals surface area contributed by atoms with Gasteiger partial charge in [-0.15, -0.1) is 0 Å². The number of carbonyl (C=O) groups is 1. The van der Waals surface area contributed by atoms with Crippen LogP contribution in [-0.2, 0) is 4.79 Å². The van der Waals surface area contributed by atoms with Gasteiger partial charge in [-0.2, -0.15) is 0 Å². The zero-order valence-corrected chi connectivity index (χ0v) is 22.0. The summed E-state index contributed by atoms with van der Waals surface area (Å²) in [5.41, 5.74) is 2.11. The molecule has 10 atom stereocenters. The minimum Gasteiger partial charge on any atom is -0.478 e. The molecule has 2 spiro atoms. The van der Waals surface area contributed by atoms with Crippen LogP contribution in [0.5, 0.6) is 0 Å². The van der Waals surface area contributed by atoms with Gasteiger partial charge in [-0.25, -0.2) is 4.79 Å². The van der Waals surface area contributed by atoms with Crippen LogP contribution in [-0.4, -0.2) is 22.3 Å². The number of hydrogen-bond donors (Lipinski definition) is 2. The standard InChI is InChI=1S/C30H48O3/c1-18(8-7-9-19(2)26(32)33)22-16-20(3)25-21-10-11-23-27(4,5)24(31)12-13-30(23)17-29(21,30)15-14-28(22,25)6/h9,18,20-25,31H,7-8,10-17H2,1-6H3,(H,32,33). The number of aliphatic hydroxyl groups excluding tert-OH is 1. The van der Waals surface area contributed by atoms with E-state index in [2.05, 4.69) is 34.6 Å². The van der Waals surface area contributed by atoms with Crippen molar-refractivity contribution in [3.63, 3.8) is 0 Å². The van der Waals surface area contributed by atoms with Crippen LogP contribution in [0.3, 0.4) is 0 Å². The summed E-state index contributed by atoms with van der Waals surface area (Å²) in [5, 5.41) is 20.0. The van der Waals surface area contributed by atoms with Gasteiger partial charge in [0, 0.05) is 5.57 Å². The number of allylic oxidation sites excluding steroid dienone is 1. The van der Waals surface area contributed by atoms with Gasteiger partial charge in [0.05, 0.1) is 6.10 Å². The molecule has 5 rings (SSSR count). The van der Waals surface area contributed by atoms with E-state index in [-0.39, 0.29) is 11.5 Å². The van der Waals surface area contributed by atoms with Crippen molar-refractivity contribution in [3.8, 4) is 0 Å². The summed E-state index contributed by atoms with van der Waals surface area (Å²) in [4.78, 5) is 11.2. The van der Waals surface area contributed by atoms with Crippen LogP contribution in [0.25, 0.3) is 0 Å². The van der Waals surface area contributed by atoms with Crippen molar-refractivity contribution >= 4 is 5.97 Å². The van der Waals surface area contributed by atoms with Crippen LogP contribution in [0.15, 0.2) is 11.6 Å². The smallest absolute Gasteiger partial charge is 0.330 e. The molecule has 0 heterocycles. The van der Waals surface area contributed by atoms with Crippen LogP contribution in [0.1, 0.15) is 106 Å². The van der Waals surface area contributed by atoms with E-state index in [0.29, 0.717) is 33.7 Å². The van der Waals surface area contributed by atoms with Crippen LogP contribution < -0.4 is 0 Å². The third-order valence-corrected chi connectivity index (χ3v) is 12.7. The van der Waals surface area contributed by atoms with Gasteiger partial charge < -0.3 is 10.2 Å². The maximum atomic E-state index is 11.2. The number of carboxylic acid groups (broad SMARTS) is 1. The third kappa shape index (κ3) is 3.12. The molecule has 0 saturated heterocycles. The molecule has 3 nitrogen and oxygen atoms in total. The largest absolute Gasteiger partial charge is 0.478 e. The summed E-state index contributed by atoms with van der Waals surface area (Å²) in [5.74, 6) is 3.90. The highest BCUT2D eigenvalue weighted by atomic mass is 16.4. The molecule has 2 N–H and O–H groups in total. The van der Waals surface area contributed by atoms with Gasteiger partial charge in [-0.05, 0) is 128 Å². The van der Waals surface area contributed by atoms with Crippen molar-refractivity contribution in [3.05, 3.63) is 11.6 Å². The van der Waals surface area contributed by atoms with Crippen molar-refractivity contribution in [2.75, 3.05) is 0 Å². The summed E-state index contributed by atoms with van der Waals surface area (Å²) in [7, 11) is 0. The summed E-state index contributed by atoms with van der Waals surface area (Å²) in [6, 6.07) is 0. The number of aliphatic carboxylic acids is 1. The first-order valence-electron chi connectivity index (χ1n) is 14.0. The highest BCUT2D eigenvalue weighted by Gasteiger charge is 2.80. The Labute approximate surface area is 201 Å². The molecule has 5 aliphatic carbocycles. The summed E-state index contributed by atoms with van der Waals surface area (Å²) in [6.07, 6.45) is 14.4. The Balaban J connectivity index is 1.36. The van der Waals surface area contributed by atoms with Gasteiger partial charge in [-0.1, -0.05) is 40.7 Å². The lowest BCUT2D eigenvalue weighted by Gasteiger charge is -2.60. The minimum atomic E-state index is -0.783. The number of hydrogen-bond acceptors (Lipinski definition) is 2. The first kappa shape index (κ1) is 23.9. The van der Waals surface area contributed by atoms with Gasteiger partial charge in [-0.3, -0.25) is 0 Å². The van der Waals surface area contributed by atoms with E-state index in [1.807, 2.05) is 6.08 Å². The number of fused-ring (bicyclic) bond motifs is 2. The summed E-state index contributed by atoms with van der Waals surface area (Å²) >= 11 is 0. The molecule has 5 fully saturated rings. The molecule has 0 amide bonds. The Hall–Kier alpha value is -0.830. The Kier molecular flexibility index (Phi) is 5.49. The number of carboxylic acids is 1. The molecule has 0 aromatic carbocycles. The number of rotatable bonds is 5. The van der Waals surface area contributed by atoms with Gasteiger partial charge in [0.25, 0.3) is 0 Å². The van der Waals surface area contributed by atoms with Crippen molar-refractivity contribution in [2.24, 2.45) is 57.2 Å². The van der Waals surface area contributed by atoms with Crippen LogP contribution in [0.4, 0.5) is 0 Å². The molecule has 10 unspecified atom stereocenters.